The van der Waals surface area contributed by atoms with Gasteiger partial charge in [0.05, 0.1) is 12.6 Å². The van der Waals surface area contributed by atoms with Crippen molar-refractivity contribution in [2.45, 2.75) is 19.6 Å². The number of hydrogen-bond acceptors (Lipinski definition) is 2. The molecule has 3 aromatic carbocycles. The molecular formula is C22H21ClN2O. The predicted molar refractivity (Wildman–Crippen MR) is 110 cm³/mol. The highest BCUT2D eigenvalue weighted by Gasteiger charge is 2.13. The number of benzene rings is 3. The molecule has 0 saturated heterocycles. The minimum absolute atomic E-state index is 0.459. The maximum absolute atomic E-state index is 10.6. The van der Waals surface area contributed by atoms with E-state index in [1.165, 1.54) is 10.8 Å². The Morgan fingerprint density at radius 1 is 0.962 bits per heavy atom. The average Bonchev–Trinajstić information content (AvgIpc) is 2.97. The van der Waals surface area contributed by atoms with Gasteiger partial charge in [0.2, 0.25) is 0 Å². The van der Waals surface area contributed by atoms with Crippen LogP contribution in [0.15, 0.2) is 66.7 Å². The van der Waals surface area contributed by atoms with Crippen LogP contribution in [0, 0.1) is 6.92 Å². The molecule has 1 aromatic heterocycles. The van der Waals surface area contributed by atoms with E-state index < -0.39 is 6.10 Å². The lowest BCUT2D eigenvalue weighted by Crippen LogP contribution is -2.24. The number of nitrogens with zero attached hydrogens (tertiary/aromatic N) is 1. The quantitative estimate of drug-likeness (QED) is 0.508. The Labute approximate surface area is 157 Å². The lowest BCUT2D eigenvalue weighted by molar-refractivity contribution is 0.169. The first-order chi connectivity index (χ1) is 12.6. The summed E-state index contributed by atoms with van der Waals surface area (Å²) in [4.78, 5) is 0. The van der Waals surface area contributed by atoms with E-state index in [9.17, 15) is 5.11 Å². The molecule has 1 atom stereocenters. The number of nitrogens with one attached hydrogen (secondary N) is 1. The fourth-order valence-corrected chi connectivity index (χ4v) is 3.59. The molecule has 3 nitrogen and oxygen atoms in total. The largest absolute Gasteiger partial charge is 0.389 e. The van der Waals surface area contributed by atoms with Gasteiger partial charge < -0.3 is 15.0 Å². The fourth-order valence-electron chi connectivity index (χ4n) is 3.41. The number of aliphatic hydroxyl groups is 1. The Morgan fingerprint density at radius 3 is 2.19 bits per heavy atom. The third-order valence-electron chi connectivity index (χ3n) is 4.79. The summed E-state index contributed by atoms with van der Waals surface area (Å²) in [7, 11) is 0. The molecular weight excluding hydrogens is 344 g/mol. The monoisotopic (exact) mass is 364 g/mol. The van der Waals surface area contributed by atoms with Crippen LogP contribution in [0.2, 0.25) is 5.02 Å². The molecule has 2 N–H and O–H groups in total. The number of anilines is 1. The maximum atomic E-state index is 10.6. The molecule has 0 saturated carbocycles. The van der Waals surface area contributed by atoms with Crippen LogP contribution in [0.3, 0.4) is 0 Å². The molecule has 4 heteroatoms. The van der Waals surface area contributed by atoms with Crippen molar-refractivity contribution in [1.82, 2.24) is 4.57 Å². The Kier molecular flexibility index (Phi) is 4.58. The average molecular weight is 365 g/mol. The molecule has 0 radical (unpaired) electrons. The molecule has 0 amide bonds. The first-order valence-electron chi connectivity index (χ1n) is 8.77. The molecule has 0 spiro atoms. The second-order valence-corrected chi connectivity index (χ2v) is 7.05. The molecule has 26 heavy (non-hydrogen) atoms. The number of para-hydroxylation sites is 2. The summed E-state index contributed by atoms with van der Waals surface area (Å²) in [5.41, 5.74) is 4.25. The lowest BCUT2D eigenvalue weighted by Gasteiger charge is -2.16. The highest BCUT2D eigenvalue weighted by atomic mass is 35.5. The zero-order valence-electron chi connectivity index (χ0n) is 14.6. The highest BCUT2D eigenvalue weighted by molar-refractivity contribution is 6.31. The van der Waals surface area contributed by atoms with E-state index >= 15 is 0 Å². The summed E-state index contributed by atoms with van der Waals surface area (Å²) in [5, 5.41) is 17.0. The van der Waals surface area contributed by atoms with Gasteiger partial charge in [0.25, 0.3) is 0 Å². The van der Waals surface area contributed by atoms with Crippen molar-refractivity contribution in [3.8, 4) is 0 Å². The van der Waals surface area contributed by atoms with Crippen molar-refractivity contribution in [2.75, 3.05) is 11.9 Å². The topological polar surface area (TPSA) is 37.2 Å². The molecule has 0 aliphatic heterocycles. The van der Waals surface area contributed by atoms with Crippen molar-refractivity contribution in [2.24, 2.45) is 0 Å². The van der Waals surface area contributed by atoms with Crippen LogP contribution >= 0.6 is 11.6 Å². The number of aryl methyl sites for hydroxylation is 1. The first kappa shape index (κ1) is 17.0. The molecule has 0 aliphatic rings. The molecule has 4 aromatic rings. The molecule has 0 aliphatic carbocycles. The third-order valence-corrected chi connectivity index (χ3v) is 5.19. The van der Waals surface area contributed by atoms with Gasteiger partial charge in [-0.3, -0.25) is 0 Å². The second-order valence-electron chi connectivity index (χ2n) is 6.64. The second kappa shape index (κ2) is 7.02. The Morgan fingerprint density at radius 2 is 1.58 bits per heavy atom. The minimum atomic E-state index is -0.519. The van der Waals surface area contributed by atoms with Crippen molar-refractivity contribution in [1.29, 1.82) is 0 Å². The lowest BCUT2D eigenvalue weighted by atomic mass is 10.2. The van der Waals surface area contributed by atoms with Gasteiger partial charge in [0, 0.05) is 39.1 Å². The predicted octanol–water partition coefficient (Wildman–Crippen LogP) is 5.23. The summed E-state index contributed by atoms with van der Waals surface area (Å²) < 4.78 is 2.19. The molecule has 4 rings (SSSR count). The van der Waals surface area contributed by atoms with Crippen molar-refractivity contribution < 1.29 is 5.11 Å². The van der Waals surface area contributed by atoms with E-state index in [0.29, 0.717) is 13.1 Å². The van der Waals surface area contributed by atoms with Crippen LogP contribution in [-0.4, -0.2) is 22.3 Å². The molecule has 132 valence electrons. The first-order valence-corrected chi connectivity index (χ1v) is 9.15. The summed E-state index contributed by atoms with van der Waals surface area (Å²) in [6, 6.07) is 22.5. The minimum Gasteiger partial charge on any atom is -0.389 e. The molecule has 1 heterocycles. The van der Waals surface area contributed by atoms with Gasteiger partial charge >= 0.3 is 0 Å². The summed E-state index contributed by atoms with van der Waals surface area (Å²) >= 11 is 6.17. The van der Waals surface area contributed by atoms with Crippen molar-refractivity contribution >= 4 is 39.1 Å². The zero-order chi connectivity index (χ0) is 18.1. The Bertz CT molecular complexity index is 1020. The Balaban J connectivity index is 1.57. The van der Waals surface area contributed by atoms with E-state index in [-0.39, 0.29) is 0 Å². The van der Waals surface area contributed by atoms with Crippen LogP contribution in [-0.2, 0) is 6.54 Å². The van der Waals surface area contributed by atoms with Gasteiger partial charge in [-0.05, 0) is 36.8 Å². The van der Waals surface area contributed by atoms with Gasteiger partial charge in [0.1, 0.15) is 0 Å². The zero-order valence-corrected chi connectivity index (χ0v) is 15.4. The number of hydrogen-bond donors (Lipinski definition) is 2. The standard InChI is InChI=1S/C22H21ClN2O/c1-15-10-11-16(12-20(15)23)24-13-17(26)14-25-21-8-4-2-6-18(21)19-7-3-5-9-22(19)25/h2-12,17,24,26H,13-14H2,1H3/t17-/m0/s1. The van der Waals surface area contributed by atoms with Gasteiger partial charge in [-0.25, -0.2) is 0 Å². The third kappa shape index (κ3) is 3.16. The van der Waals surface area contributed by atoms with E-state index in [2.05, 4.69) is 46.3 Å². The van der Waals surface area contributed by atoms with E-state index in [0.717, 1.165) is 27.3 Å². The summed E-state index contributed by atoms with van der Waals surface area (Å²) in [6.45, 7) is 2.96. The number of aliphatic hydroxyl groups excluding tert-OH is 1. The van der Waals surface area contributed by atoms with Gasteiger partial charge in [-0.1, -0.05) is 54.1 Å². The number of halogens is 1. The van der Waals surface area contributed by atoms with Crippen LogP contribution < -0.4 is 5.32 Å². The van der Waals surface area contributed by atoms with Crippen molar-refractivity contribution in [3.63, 3.8) is 0 Å². The fraction of sp³-hybridized carbons (Fsp3) is 0.182. The van der Waals surface area contributed by atoms with Gasteiger partial charge in [-0.15, -0.1) is 0 Å². The SMILES string of the molecule is Cc1ccc(NC[C@H](O)Cn2c3ccccc3c3ccccc32)cc1Cl. The van der Waals surface area contributed by atoms with Gasteiger partial charge in [-0.2, -0.15) is 0 Å². The number of fused-ring (bicyclic) bond motifs is 3. The summed E-state index contributed by atoms with van der Waals surface area (Å²) in [6.07, 6.45) is -0.519. The van der Waals surface area contributed by atoms with Crippen LogP contribution in [0.4, 0.5) is 5.69 Å². The Hall–Kier alpha value is -2.49. The van der Waals surface area contributed by atoms with E-state index in [4.69, 9.17) is 11.6 Å². The van der Waals surface area contributed by atoms with Crippen LogP contribution in [0.25, 0.3) is 21.8 Å². The van der Waals surface area contributed by atoms with E-state index in [1.807, 2.05) is 37.3 Å². The summed E-state index contributed by atoms with van der Waals surface area (Å²) in [5.74, 6) is 0. The normalized spacial score (nSPS) is 12.6. The van der Waals surface area contributed by atoms with Crippen molar-refractivity contribution in [3.05, 3.63) is 77.3 Å². The highest BCUT2D eigenvalue weighted by Crippen LogP contribution is 2.29. The van der Waals surface area contributed by atoms with Crippen LogP contribution in [0.5, 0.6) is 0 Å². The van der Waals surface area contributed by atoms with Gasteiger partial charge in [0.15, 0.2) is 0 Å². The number of rotatable bonds is 5. The molecule has 0 fully saturated rings. The maximum Gasteiger partial charge on any atom is 0.0891 e. The smallest absolute Gasteiger partial charge is 0.0891 e. The van der Waals surface area contributed by atoms with E-state index in [1.54, 1.807) is 0 Å². The molecule has 0 bridgehead atoms. The molecule has 0 unspecified atom stereocenters. The number of aromatic nitrogens is 1. The van der Waals surface area contributed by atoms with Crippen LogP contribution in [0.1, 0.15) is 5.56 Å².